The second-order valence-corrected chi connectivity index (χ2v) is 8.86. The topological polar surface area (TPSA) is 53.8 Å². The Labute approximate surface area is 171 Å². The van der Waals surface area contributed by atoms with Crippen LogP contribution in [0, 0.1) is 0 Å². The van der Waals surface area contributed by atoms with E-state index in [1.807, 2.05) is 12.1 Å². The standard InChI is InChI=1S/C23H27N3OS/c1-15(2)19-9-5-17(6-10-19)13-21-22(27)25-23(28-21)26-24-14-18-7-11-20(12-8-18)16(3)4/h5-12,14-16,21H,13H2,1-4H3,(H,25,26,27)/b24-14-/t21-/m1/s1. The van der Waals surface area contributed by atoms with Crippen molar-refractivity contribution in [3.8, 4) is 0 Å². The first-order valence-electron chi connectivity index (χ1n) is 9.69. The van der Waals surface area contributed by atoms with Crippen LogP contribution in [0.4, 0.5) is 0 Å². The van der Waals surface area contributed by atoms with Gasteiger partial charge in [-0.05, 0) is 40.5 Å². The van der Waals surface area contributed by atoms with Crippen molar-refractivity contribution in [2.24, 2.45) is 10.2 Å². The number of amides is 1. The molecule has 0 aliphatic carbocycles. The number of nitrogens with one attached hydrogen (secondary N) is 1. The molecule has 3 rings (SSSR count). The summed E-state index contributed by atoms with van der Waals surface area (Å²) in [7, 11) is 0. The molecular formula is C23H27N3OS. The van der Waals surface area contributed by atoms with Gasteiger partial charge < -0.3 is 5.32 Å². The van der Waals surface area contributed by atoms with Crippen molar-refractivity contribution in [1.82, 2.24) is 5.32 Å². The molecule has 2 aromatic carbocycles. The average molecular weight is 394 g/mol. The number of amidine groups is 1. The summed E-state index contributed by atoms with van der Waals surface area (Å²) in [6.07, 6.45) is 2.40. The van der Waals surface area contributed by atoms with Gasteiger partial charge in [-0.15, -0.1) is 5.10 Å². The minimum absolute atomic E-state index is 0.00632. The molecule has 0 bridgehead atoms. The lowest BCUT2D eigenvalue weighted by Crippen LogP contribution is -2.25. The normalized spacial score (nSPS) is 18.6. The van der Waals surface area contributed by atoms with Crippen LogP contribution in [0.5, 0.6) is 0 Å². The van der Waals surface area contributed by atoms with Gasteiger partial charge in [0.05, 0.1) is 11.5 Å². The van der Waals surface area contributed by atoms with E-state index in [2.05, 4.69) is 79.6 Å². The van der Waals surface area contributed by atoms with E-state index in [1.54, 1.807) is 6.21 Å². The summed E-state index contributed by atoms with van der Waals surface area (Å²) in [5.41, 5.74) is 4.76. The van der Waals surface area contributed by atoms with Crippen molar-refractivity contribution >= 4 is 29.1 Å². The summed E-state index contributed by atoms with van der Waals surface area (Å²) < 4.78 is 0. The Bertz CT molecular complexity index is 868. The van der Waals surface area contributed by atoms with E-state index >= 15 is 0 Å². The quantitative estimate of drug-likeness (QED) is 0.548. The minimum atomic E-state index is -0.163. The molecule has 1 atom stereocenters. The summed E-state index contributed by atoms with van der Waals surface area (Å²) in [6, 6.07) is 16.8. The van der Waals surface area contributed by atoms with Crippen molar-refractivity contribution < 1.29 is 4.79 Å². The number of hydrogen-bond acceptors (Lipinski definition) is 4. The van der Waals surface area contributed by atoms with E-state index in [9.17, 15) is 4.79 Å². The Balaban J connectivity index is 1.58. The molecule has 146 valence electrons. The number of hydrogen-bond donors (Lipinski definition) is 1. The molecular weight excluding hydrogens is 366 g/mol. The molecule has 0 radical (unpaired) electrons. The van der Waals surface area contributed by atoms with Gasteiger partial charge in [0.1, 0.15) is 0 Å². The van der Waals surface area contributed by atoms with E-state index in [0.29, 0.717) is 23.4 Å². The van der Waals surface area contributed by atoms with Crippen molar-refractivity contribution in [2.75, 3.05) is 0 Å². The maximum absolute atomic E-state index is 12.2. The molecule has 0 unspecified atom stereocenters. The highest BCUT2D eigenvalue weighted by Gasteiger charge is 2.30. The Kier molecular flexibility index (Phi) is 6.68. The lowest BCUT2D eigenvalue weighted by Gasteiger charge is -2.08. The van der Waals surface area contributed by atoms with Gasteiger partial charge in [-0.3, -0.25) is 4.79 Å². The van der Waals surface area contributed by atoms with E-state index in [-0.39, 0.29) is 11.2 Å². The van der Waals surface area contributed by atoms with Crippen molar-refractivity contribution in [3.63, 3.8) is 0 Å². The maximum atomic E-state index is 12.2. The highest BCUT2D eigenvalue weighted by molar-refractivity contribution is 8.15. The Morgan fingerprint density at radius 2 is 1.54 bits per heavy atom. The molecule has 1 fully saturated rings. The van der Waals surface area contributed by atoms with Crippen LogP contribution in [-0.2, 0) is 11.2 Å². The first kappa shape index (κ1) is 20.3. The predicted molar refractivity (Wildman–Crippen MR) is 119 cm³/mol. The SMILES string of the molecule is CC(C)c1ccc(/C=N\N=C2/NC(=O)[C@@H](Cc3ccc(C(C)C)cc3)S2)cc1. The Morgan fingerprint density at radius 1 is 0.964 bits per heavy atom. The van der Waals surface area contributed by atoms with Gasteiger partial charge in [-0.25, -0.2) is 0 Å². The average Bonchev–Trinajstić information content (AvgIpc) is 3.02. The van der Waals surface area contributed by atoms with Gasteiger partial charge in [0.15, 0.2) is 5.17 Å². The molecule has 0 aromatic heterocycles. The fourth-order valence-electron chi connectivity index (χ4n) is 2.95. The molecule has 1 saturated heterocycles. The summed E-state index contributed by atoms with van der Waals surface area (Å²) in [4.78, 5) is 12.2. The van der Waals surface area contributed by atoms with Crippen LogP contribution >= 0.6 is 11.8 Å². The number of rotatable bonds is 6. The van der Waals surface area contributed by atoms with Crippen LogP contribution in [0.25, 0.3) is 0 Å². The third-order valence-corrected chi connectivity index (χ3v) is 5.87. The Morgan fingerprint density at radius 3 is 2.11 bits per heavy atom. The lowest BCUT2D eigenvalue weighted by atomic mass is 10.0. The van der Waals surface area contributed by atoms with Gasteiger partial charge in [0, 0.05) is 0 Å². The zero-order valence-electron chi connectivity index (χ0n) is 16.8. The van der Waals surface area contributed by atoms with Crippen molar-refractivity contribution in [2.45, 2.75) is 51.2 Å². The zero-order chi connectivity index (χ0) is 20.1. The van der Waals surface area contributed by atoms with Crippen LogP contribution < -0.4 is 5.32 Å². The summed E-state index contributed by atoms with van der Waals surface area (Å²) in [5, 5.41) is 11.5. The predicted octanol–water partition coefficient (Wildman–Crippen LogP) is 5.10. The molecule has 4 nitrogen and oxygen atoms in total. The van der Waals surface area contributed by atoms with Gasteiger partial charge in [-0.2, -0.15) is 5.10 Å². The second-order valence-electron chi connectivity index (χ2n) is 7.67. The van der Waals surface area contributed by atoms with Crippen LogP contribution in [-0.4, -0.2) is 22.5 Å². The molecule has 1 N–H and O–H groups in total. The third-order valence-electron chi connectivity index (χ3n) is 4.80. The van der Waals surface area contributed by atoms with Crippen LogP contribution in [0.2, 0.25) is 0 Å². The van der Waals surface area contributed by atoms with Gasteiger partial charge in [0.2, 0.25) is 5.91 Å². The van der Waals surface area contributed by atoms with E-state index < -0.39 is 0 Å². The molecule has 1 amide bonds. The highest BCUT2D eigenvalue weighted by Crippen LogP contribution is 2.24. The summed E-state index contributed by atoms with van der Waals surface area (Å²) >= 11 is 1.44. The fourth-order valence-corrected chi connectivity index (χ4v) is 3.92. The fraction of sp³-hybridized carbons (Fsp3) is 0.348. The number of benzene rings is 2. The van der Waals surface area contributed by atoms with E-state index in [4.69, 9.17) is 0 Å². The first-order chi connectivity index (χ1) is 13.4. The molecule has 1 heterocycles. The minimum Gasteiger partial charge on any atom is -0.303 e. The van der Waals surface area contributed by atoms with E-state index in [0.717, 1.165) is 11.1 Å². The second kappa shape index (κ2) is 9.20. The lowest BCUT2D eigenvalue weighted by molar-refractivity contribution is -0.118. The number of thioether (sulfide) groups is 1. The molecule has 0 spiro atoms. The van der Waals surface area contributed by atoms with Crippen molar-refractivity contribution in [3.05, 3.63) is 70.8 Å². The Hall–Kier alpha value is -2.40. The van der Waals surface area contributed by atoms with Gasteiger partial charge in [0.25, 0.3) is 0 Å². The third kappa shape index (κ3) is 5.32. The van der Waals surface area contributed by atoms with Gasteiger partial charge >= 0.3 is 0 Å². The van der Waals surface area contributed by atoms with Crippen LogP contribution in [0.3, 0.4) is 0 Å². The maximum Gasteiger partial charge on any atom is 0.239 e. The molecule has 2 aromatic rings. The van der Waals surface area contributed by atoms with E-state index in [1.165, 1.54) is 22.9 Å². The number of carbonyl (C=O) groups excluding carboxylic acids is 1. The summed E-state index contributed by atoms with van der Waals surface area (Å²) in [5.74, 6) is 1.01. The smallest absolute Gasteiger partial charge is 0.239 e. The molecule has 0 saturated carbocycles. The number of carbonyl (C=O) groups is 1. The zero-order valence-corrected chi connectivity index (χ0v) is 17.7. The number of nitrogens with zero attached hydrogens (tertiary/aromatic N) is 2. The van der Waals surface area contributed by atoms with Crippen LogP contribution in [0.15, 0.2) is 58.7 Å². The van der Waals surface area contributed by atoms with Crippen molar-refractivity contribution in [1.29, 1.82) is 0 Å². The molecule has 1 aliphatic rings. The molecule has 5 heteroatoms. The molecule has 28 heavy (non-hydrogen) atoms. The molecule has 1 aliphatic heterocycles. The summed E-state index contributed by atoms with van der Waals surface area (Å²) in [6.45, 7) is 8.70. The largest absolute Gasteiger partial charge is 0.303 e. The first-order valence-corrected chi connectivity index (χ1v) is 10.6. The van der Waals surface area contributed by atoms with Gasteiger partial charge in [-0.1, -0.05) is 88.0 Å². The highest BCUT2D eigenvalue weighted by atomic mass is 32.2. The monoisotopic (exact) mass is 393 g/mol. The van der Waals surface area contributed by atoms with Crippen LogP contribution in [0.1, 0.15) is 61.8 Å².